The summed E-state index contributed by atoms with van der Waals surface area (Å²) < 4.78 is 32.2. The van der Waals surface area contributed by atoms with E-state index < -0.39 is 10.0 Å². The molecule has 0 spiro atoms. The number of nitrogens with one attached hydrogen (secondary N) is 2. The molecule has 1 aromatic rings. The highest BCUT2D eigenvalue weighted by Gasteiger charge is 2.29. The van der Waals surface area contributed by atoms with Gasteiger partial charge in [0.2, 0.25) is 10.0 Å². The molecule has 0 unspecified atom stereocenters. The van der Waals surface area contributed by atoms with Gasteiger partial charge in [-0.25, -0.2) is 13.1 Å². The van der Waals surface area contributed by atoms with E-state index in [1.807, 2.05) is 0 Å². The SMILES string of the molecule is CS(=O)(=O)N[C@H]1CCCN[C@H]1CO[C@H]1CC[C@@H](c2ccccc2CCC=O)CC1. The van der Waals surface area contributed by atoms with E-state index in [0.717, 1.165) is 57.8 Å². The smallest absolute Gasteiger partial charge is 0.209 e. The van der Waals surface area contributed by atoms with Gasteiger partial charge in [0.25, 0.3) is 0 Å². The average molecular weight is 423 g/mol. The lowest BCUT2D eigenvalue weighted by Crippen LogP contribution is -2.55. The lowest BCUT2D eigenvalue weighted by atomic mass is 9.80. The molecule has 0 bridgehead atoms. The topological polar surface area (TPSA) is 84.5 Å². The number of hydrogen-bond acceptors (Lipinski definition) is 5. The van der Waals surface area contributed by atoms with Gasteiger partial charge < -0.3 is 14.8 Å². The molecule has 1 saturated carbocycles. The Morgan fingerprint density at radius 3 is 2.66 bits per heavy atom. The minimum absolute atomic E-state index is 0.0280. The van der Waals surface area contributed by atoms with Crippen LogP contribution in [0.25, 0.3) is 0 Å². The van der Waals surface area contributed by atoms with Gasteiger partial charge in [-0.15, -0.1) is 0 Å². The minimum Gasteiger partial charge on any atom is -0.377 e. The number of aryl methyl sites for hydroxylation is 1. The number of rotatable bonds is 9. The van der Waals surface area contributed by atoms with Gasteiger partial charge in [0, 0.05) is 18.5 Å². The highest BCUT2D eigenvalue weighted by molar-refractivity contribution is 7.88. The highest BCUT2D eigenvalue weighted by atomic mass is 32.2. The van der Waals surface area contributed by atoms with Crippen LogP contribution in [-0.4, -0.2) is 52.3 Å². The molecule has 0 amide bonds. The van der Waals surface area contributed by atoms with Crippen LogP contribution in [0.2, 0.25) is 0 Å². The van der Waals surface area contributed by atoms with Crippen molar-refractivity contribution in [2.75, 3.05) is 19.4 Å². The van der Waals surface area contributed by atoms with Crippen LogP contribution >= 0.6 is 0 Å². The number of carbonyl (C=O) groups is 1. The van der Waals surface area contributed by atoms with Gasteiger partial charge >= 0.3 is 0 Å². The number of sulfonamides is 1. The van der Waals surface area contributed by atoms with Gasteiger partial charge in [-0.1, -0.05) is 24.3 Å². The zero-order valence-electron chi connectivity index (χ0n) is 17.3. The molecule has 6 nitrogen and oxygen atoms in total. The first-order valence-corrected chi connectivity index (χ1v) is 12.7. The minimum atomic E-state index is -3.22. The van der Waals surface area contributed by atoms with Crippen molar-refractivity contribution < 1.29 is 17.9 Å². The van der Waals surface area contributed by atoms with Crippen LogP contribution in [0.4, 0.5) is 0 Å². The summed E-state index contributed by atoms with van der Waals surface area (Å²) >= 11 is 0. The average Bonchev–Trinajstić information content (AvgIpc) is 2.71. The monoisotopic (exact) mass is 422 g/mol. The first-order chi connectivity index (χ1) is 14.0. The van der Waals surface area contributed by atoms with Gasteiger partial charge in [-0.3, -0.25) is 0 Å². The third kappa shape index (κ3) is 6.88. The highest BCUT2D eigenvalue weighted by Crippen LogP contribution is 2.36. The quantitative estimate of drug-likeness (QED) is 0.598. The van der Waals surface area contributed by atoms with E-state index in [2.05, 4.69) is 34.3 Å². The largest absolute Gasteiger partial charge is 0.377 e. The van der Waals surface area contributed by atoms with E-state index in [4.69, 9.17) is 4.74 Å². The van der Waals surface area contributed by atoms with Crippen molar-refractivity contribution in [3.8, 4) is 0 Å². The van der Waals surface area contributed by atoms with E-state index in [0.29, 0.717) is 18.9 Å². The normalized spacial score (nSPS) is 28.2. The summed E-state index contributed by atoms with van der Waals surface area (Å²) in [7, 11) is -3.22. The molecule has 0 aromatic heterocycles. The van der Waals surface area contributed by atoms with Crippen molar-refractivity contribution >= 4 is 16.3 Å². The Hall–Kier alpha value is -1.28. The van der Waals surface area contributed by atoms with Crippen LogP contribution in [0, 0.1) is 0 Å². The van der Waals surface area contributed by atoms with Gasteiger partial charge in [0.1, 0.15) is 6.29 Å². The zero-order valence-corrected chi connectivity index (χ0v) is 18.1. The zero-order chi connectivity index (χ0) is 20.7. The molecule has 1 aromatic carbocycles. The molecule has 1 aliphatic carbocycles. The second kappa shape index (κ2) is 10.7. The van der Waals surface area contributed by atoms with Crippen LogP contribution in [0.1, 0.15) is 62.0 Å². The fourth-order valence-corrected chi connectivity index (χ4v) is 5.53. The summed E-state index contributed by atoms with van der Waals surface area (Å²) in [5, 5.41) is 3.41. The number of carbonyl (C=O) groups excluding carboxylic acids is 1. The van der Waals surface area contributed by atoms with Crippen molar-refractivity contribution in [2.45, 2.75) is 75.5 Å². The van der Waals surface area contributed by atoms with Crippen molar-refractivity contribution in [1.82, 2.24) is 10.0 Å². The molecule has 2 aliphatic rings. The second-order valence-electron chi connectivity index (χ2n) is 8.41. The van der Waals surface area contributed by atoms with Gasteiger partial charge in [-0.05, 0) is 68.5 Å². The maximum atomic E-state index is 11.6. The number of ether oxygens (including phenoxy) is 1. The molecule has 0 radical (unpaired) electrons. The van der Waals surface area contributed by atoms with Crippen LogP contribution in [0.5, 0.6) is 0 Å². The van der Waals surface area contributed by atoms with E-state index >= 15 is 0 Å². The summed E-state index contributed by atoms with van der Waals surface area (Å²) in [5.74, 6) is 0.533. The Kier molecular flexibility index (Phi) is 8.24. The number of aldehydes is 1. The first-order valence-electron chi connectivity index (χ1n) is 10.8. The lowest BCUT2D eigenvalue weighted by Gasteiger charge is -2.35. The Labute approximate surface area is 174 Å². The van der Waals surface area contributed by atoms with Crippen molar-refractivity contribution in [3.05, 3.63) is 35.4 Å². The molecule has 162 valence electrons. The molecule has 29 heavy (non-hydrogen) atoms. The predicted molar refractivity (Wildman–Crippen MR) is 115 cm³/mol. The molecule has 1 aliphatic heterocycles. The molecular weight excluding hydrogens is 388 g/mol. The Bertz CT molecular complexity index is 760. The lowest BCUT2D eigenvalue weighted by molar-refractivity contribution is -0.107. The summed E-state index contributed by atoms with van der Waals surface area (Å²) in [6, 6.07) is 8.42. The summed E-state index contributed by atoms with van der Waals surface area (Å²) in [6.07, 6.45) is 9.86. The van der Waals surface area contributed by atoms with E-state index in [1.165, 1.54) is 17.4 Å². The molecule has 1 heterocycles. The van der Waals surface area contributed by atoms with Gasteiger partial charge in [0.15, 0.2) is 0 Å². The maximum absolute atomic E-state index is 11.6. The molecule has 1 saturated heterocycles. The van der Waals surface area contributed by atoms with Crippen molar-refractivity contribution in [2.24, 2.45) is 0 Å². The van der Waals surface area contributed by atoms with Crippen molar-refractivity contribution in [3.63, 3.8) is 0 Å². The van der Waals surface area contributed by atoms with Crippen LogP contribution in [0.15, 0.2) is 24.3 Å². The third-order valence-corrected chi connectivity index (χ3v) is 6.89. The Balaban J connectivity index is 1.49. The fourth-order valence-electron chi connectivity index (χ4n) is 4.70. The number of piperidine rings is 1. The van der Waals surface area contributed by atoms with Gasteiger partial charge in [-0.2, -0.15) is 0 Å². The number of benzene rings is 1. The summed E-state index contributed by atoms with van der Waals surface area (Å²) in [4.78, 5) is 10.8. The molecule has 2 fully saturated rings. The maximum Gasteiger partial charge on any atom is 0.209 e. The van der Waals surface area contributed by atoms with E-state index in [9.17, 15) is 13.2 Å². The van der Waals surface area contributed by atoms with Crippen LogP contribution in [0.3, 0.4) is 0 Å². The molecule has 2 atom stereocenters. The number of hydrogen-bond donors (Lipinski definition) is 2. The fraction of sp³-hybridized carbons (Fsp3) is 0.682. The molecular formula is C22H34N2O4S. The van der Waals surface area contributed by atoms with Crippen LogP contribution < -0.4 is 10.0 Å². The first kappa shape index (κ1) is 22.4. The summed E-state index contributed by atoms with van der Waals surface area (Å²) in [5.41, 5.74) is 2.68. The Morgan fingerprint density at radius 2 is 1.93 bits per heavy atom. The third-order valence-electron chi connectivity index (χ3n) is 6.16. The van der Waals surface area contributed by atoms with E-state index in [-0.39, 0.29) is 18.2 Å². The van der Waals surface area contributed by atoms with Gasteiger partial charge in [0.05, 0.1) is 19.0 Å². The molecule has 3 rings (SSSR count). The predicted octanol–water partition coefficient (Wildman–Crippen LogP) is 2.53. The Morgan fingerprint density at radius 1 is 1.17 bits per heavy atom. The molecule has 7 heteroatoms. The van der Waals surface area contributed by atoms with E-state index in [1.54, 1.807) is 0 Å². The standard InChI is InChI=1S/C22H34N2O4S/c1-29(26,27)24-21-9-4-14-23-22(21)16-28-19-12-10-18(11-13-19)20-8-3-2-6-17(20)7-5-15-25/h2-3,6,8,15,18-19,21-24H,4-5,7,9-14,16H2,1H3/t18-,19+,21-,22-/m0/s1. The van der Waals surface area contributed by atoms with Crippen molar-refractivity contribution in [1.29, 1.82) is 0 Å². The molecule has 2 N–H and O–H groups in total. The summed E-state index contributed by atoms with van der Waals surface area (Å²) in [6.45, 7) is 1.44. The van der Waals surface area contributed by atoms with Crippen LogP contribution in [-0.2, 0) is 26.0 Å². The second-order valence-corrected chi connectivity index (χ2v) is 10.2.